The highest BCUT2D eigenvalue weighted by atomic mass is 16.5. The predicted molar refractivity (Wildman–Crippen MR) is 80.4 cm³/mol. The molecule has 5 heteroatoms. The van der Waals surface area contributed by atoms with Crippen molar-refractivity contribution in [2.75, 3.05) is 37.0 Å². The molecule has 1 aromatic heterocycles. The molecule has 20 heavy (non-hydrogen) atoms. The Balaban J connectivity index is 1.79. The number of anilines is 2. The lowest BCUT2D eigenvalue weighted by molar-refractivity contribution is 0.115. The van der Waals surface area contributed by atoms with Crippen LogP contribution in [0.4, 0.5) is 11.6 Å². The van der Waals surface area contributed by atoms with Crippen molar-refractivity contribution in [2.24, 2.45) is 0 Å². The number of nitrogens with zero attached hydrogens (tertiary/aromatic N) is 3. The fourth-order valence-corrected chi connectivity index (χ4v) is 2.69. The monoisotopic (exact) mass is 276 g/mol. The number of aromatic nitrogens is 2. The molecule has 1 aromatic rings. The quantitative estimate of drug-likeness (QED) is 0.864. The molecule has 1 unspecified atom stereocenters. The van der Waals surface area contributed by atoms with Gasteiger partial charge in [0, 0.05) is 38.7 Å². The molecule has 2 heterocycles. The van der Waals surface area contributed by atoms with Gasteiger partial charge in [-0.05, 0) is 32.6 Å². The molecule has 1 atom stereocenters. The lowest BCUT2D eigenvalue weighted by atomic mass is 10.2. The Hall–Kier alpha value is -1.36. The van der Waals surface area contributed by atoms with Crippen LogP contribution in [0.1, 0.15) is 44.3 Å². The topological polar surface area (TPSA) is 50.3 Å². The molecule has 1 aliphatic carbocycles. The van der Waals surface area contributed by atoms with E-state index in [4.69, 9.17) is 9.72 Å². The predicted octanol–water partition coefficient (Wildman–Crippen LogP) is 2.40. The van der Waals surface area contributed by atoms with Crippen molar-refractivity contribution in [3.63, 3.8) is 0 Å². The normalized spacial score (nSPS) is 22.0. The van der Waals surface area contributed by atoms with E-state index in [0.717, 1.165) is 43.6 Å². The molecule has 0 radical (unpaired) electrons. The van der Waals surface area contributed by atoms with Gasteiger partial charge in [-0.3, -0.25) is 0 Å². The van der Waals surface area contributed by atoms with Crippen LogP contribution < -0.4 is 10.2 Å². The molecular formula is C15H24N4O. The molecule has 2 fully saturated rings. The van der Waals surface area contributed by atoms with E-state index in [1.54, 1.807) is 0 Å². The van der Waals surface area contributed by atoms with Crippen LogP contribution >= 0.6 is 0 Å². The first-order valence-electron chi connectivity index (χ1n) is 7.73. The molecule has 1 saturated carbocycles. The molecule has 0 amide bonds. The lowest BCUT2D eigenvalue weighted by Gasteiger charge is -2.25. The number of hydrogen-bond acceptors (Lipinski definition) is 5. The van der Waals surface area contributed by atoms with Crippen molar-refractivity contribution in [2.45, 2.75) is 44.6 Å². The third-order valence-corrected chi connectivity index (χ3v) is 4.08. The molecule has 110 valence electrons. The Morgan fingerprint density at radius 3 is 2.80 bits per heavy atom. The van der Waals surface area contributed by atoms with Gasteiger partial charge in [-0.2, -0.15) is 0 Å². The first-order chi connectivity index (χ1) is 9.80. The van der Waals surface area contributed by atoms with Gasteiger partial charge in [0.1, 0.15) is 17.5 Å². The standard InChI is InChI=1S/C15H24N4O/c1-3-19(10-12-5-4-8-20-12)14-9-13(16-2)17-15(18-14)11-6-7-11/h9,11-12H,3-8,10H2,1-2H3,(H,16,17,18). The SMILES string of the molecule is CCN(CC1CCCO1)c1cc(NC)nc(C2CC2)n1. The van der Waals surface area contributed by atoms with Crippen molar-refractivity contribution in [1.29, 1.82) is 0 Å². The zero-order valence-corrected chi connectivity index (χ0v) is 12.4. The van der Waals surface area contributed by atoms with E-state index >= 15 is 0 Å². The van der Waals surface area contributed by atoms with Crippen LogP contribution in [0.15, 0.2) is 6.07 Å². The summed E-state index contributed by atoms with van der Waals surface area (Å²) >= 11 is 0. The van der Waals surface area contributed by atoms with Crippen LogP contribution in [0.25, 0.3) is 0 Å². The van der Waals surface area contributed by atoms with E-state index in [0.29, 0.717) is 12.0 Å². The van der Waals surface area contributed by atoms with Gasteiger partial charge in [0.05, 0.1) is 6.10 Å². The van der Waals surface area contributed by atoms with Crippen molar-refractivity contribution < 1.29 is 4.74 Å². The molecule has 1 N–H and O–H groups in total. The van der Waals surface area contributed by atoms with Crippen LogP contribution in [0.3, 0.4) is 0 Å². The highest BCUT2D eigenvalue weighted by Crippen LogP contribution is 2.39. The molecule has 0 bridgehead atoms. The molecule has 5 nitrogen and oxygen atoms in total. The number of likely N-dealkylation sites (N-methyl/N-ethyl adjacent to an activating group) is 1. The van der Waals surface area contributed by atoms with Crippen LogP contribution in [0.2, 0.25) is 0 Å². The number of rotatable bonds is 6. The van der Waals surface area contributed by atoms with E-state index in [-0.39, 0.29) is 0 Å². The lowest BCUT2D eigenvalue weighted by Crippen LogP contribution is -2.33. The fourth-order valence-electron chi connectivity index (χ4n) is 2.69. The molecule has 1 aliphatic heterocycles. The fraction of sp³-hybridized carbons (Fsp3) is 0.733. The second-order valence-electron chi connectivity index (χ2n) is 5.67. The average molecular weight is 276 g/mol. The minimum Gasteiger partial charge on any atom is -0.376 e. The summed E-state index contributed by atoms with van der Waals surface area (Å²) in [5, 5.41) is 3.15. The van der Waals surface area contributed by atoms with Crippen LogP contribution in [-0.4, -0.2) is 42.8 Å². The van der Waals surface area contributed by atoms with Crippen LogP contribution in [0, 0.1) is 0 Å². The Bertz CT molecular complexity index is 455. The molecule has 3 rings (SSSR count). The molecule has 2 aliphatic rings. The van der Waals surface area contributed by atoms with E-state index in [1.165, 1.54) is 19.3 Å². The summed E-state index contributed by atoms with van der Waals surface area (Å²) in [6.45, 7) is 4.96. The van der Waals surface area contributed by atoms with E-state index < -0.39 is 0 Å². The maximum atomic E-state index is 5.75. The number of hydrogen-bond donors (Lipinski definition) is 1. The second-order valence-corrected chi connectivity index (χ2v) is 5.67. The van der Waals surface area contributed by atoms with Gasteiger partial charge in [-0.1, -0.05) is 0 Å². The van der Waals surface area contributed by atoms with Crippen molar-refractivity contribution in [3.05, 3.63) is 11.9 Å². The van der Waals surface area contributed by atoms with E-state index in [9.17, 15) is 0 Å². The first-order valence-corrected chi connectivity index (χ1v) is 7.73. The average Bonchev–Trinajstić information content (AvgIpc) is 3.22. The van der Waals surface area contributed by atoms with Gasteiger partial charge in [-0.25, -0.2) is 9.97 Å². The highest BCUT2D eigenvalue weighted by Gasteiger charge is 2.28. The summed E-state index contributed by atoms with van der Waals surface area (Å²) in [6, 6.07) is 2.05. The third kappa shape index (κ3) is 3.03. The smallest absolute Gasteiger partial charge is 0.136 e. The van der Waals surface area contributed by atoms with Gasteiger partial charge in [0.2, 0.25) is 0 Å². The van der Waals surface area contributed by atoms with Crippen LogP contribution in [-0.2, 0) is 4.74 Å². The first kappa shape index (κ1) is 13.6. The minimum atomic E-state index is 0.354. The third-order valence-electron chi connectivity index (χ3n) is 4.08. The Kier molecular flexibility index (Phi) is 4.05. The molecular weight excluding hydrogens is 252 g/mol. The molecule has 1 saturated heterocycles. The summed E-state index contributed by atoms with van der Waals surface area (Å²) in [5.74, 6) is 3.52. The van der Waals surface area contributed by atoms with Gasteiger partial charge >= 0.3 is 0 Å². The zero-order valence-electron chi connectivity index (χ0n) is 12.4. The number of nitrogens with one attached hydrogen (secondary N) is 1. The van der Waals surface area contributed by atoms with E-state index in [1.807, 2.05) is 13.1 Å². The Morgan fingerprint density at radius 1 is 1.35 bits per heavy atom. The van der Waals surface area contributed by atoms with Gasteiger partial charge in [0.25, 0.3) is 0 Å². The molecule has 0 spiro atoms. The van der Waals surface area contributed by atoms with Gasteiger partial charge in [0.15, 0.2) is 0 Å². The second kappa shape index (κ2) is 5.95. The Morgan fingerprint density at radius 2 is 2.20 bits per heavy atom. The summed E-state index contributed by atoms with van der Waals surface area (Å²) < 4.78 is 5.75. The molecule has 0 aromatic carbocycles. The maximum absolute atomic E-state index is 5.75. The van der Waals surface area contributed by atoms with Crippen molar-refractivity contribution >= 4 is 11.6 Å². The van der Waals surface area contributed by atoms with E-state index in [2.05, 4.69) is 22.1 Å². The summed E-state index contributed by atoms with van der Waals surface area (Å²) in [7, 11) is 1.92. The van der Waals surface area contributed by atoms with Crippen molar-refractivity contribution in [3.8, 4) is 0 Å². The number of ether oxygens (including phenoxy) is 1. The maximum Gasteiger partial charge on any atom is 0.136 e. The Labute approximate surface area is 120 Å². The summed E-state index contributed by atoms with van der Waals surface area (Å²) in [4.78, 5) is 11.7. The minimum absolute atomic E-state index is 0.354. The van der Waals surface area contributed by atoms with Gasteiger partial charge < -0.3 is 15.0 Å². The van der Waals surface area contributed by atoms with Crippen molar-refractivity contribution in [1.82, 2.24) is 9.97 Å². The summed E-state index contributed by atoms with van der Waals surface area (Å²) in [6.07, 6.45) is 5.15. The van der Waals surface area contributed by atoms with Crippen LogP contribution in [0.5, 0.6) is 0 Å². The van der Waals surface area contributed by atoms with Gasteiger partial charge in [-0.15, -0.1) is 0 Å². The largest absolute Gasteiger partial charge is 0.376 e. The zero-order chi connectivity index (χ0) is 13.9. The summed E-state index contributed by atoms with van der Waals surface area (Å²) in [5.41, 5.74) is 0. The highest BCUT2D eigenvalue weighted by molar-refractivity contribution is 5.49.